The highest BCUT2D eigenvalue weighted by atomic mass is 15.1. The fourth-order valence-corrected chi connectivity index (χ4v) is 1.14. The Morgan fingerprint density at radius 3 is 2.47 bits per heavy atom. The molecule has 84 valence electrons. The predicted octanol–water partition coefficient (Wildman–Crippen LogP) is 0.882. The zero-order valence-corrected chi connectivity index (χ0v) is 9.62. The van der Waals surface area contributed by atoms with Gasteiger partial charge >= 0.3 is 0 Å². The van der Waals surface area contributed by atoms with Crippen LogP contribution in [0.5, 0.6) is 0 Å². The van der Waals surface area contributed by atoms with E-state index in [-0.39, 0.29) is 0 Å². The maximum Gasteiger partial charge on any atom is 0.131 e. The number of anilines is 2. The van der Waals surface area contributed by atoms with Crippen LogP contribution in [0, 0.1) is 0 Å². The molecule has 0 radical (unpaired) electrons. The van der Waals surface area contributed by atoms with Crippen molar-refractivity contribution in [3.63, 3.8) is 0 Å². The van der Waals surface area contributed by atoms with Gasteiger partial charge in [-0.15, -0.1) is 0 Å². The van der Waals surface area contributed by atoms with Gasteiger partial charge in [-0.25, -0.2) is 9.97 Å². The summed E-state index contributed by atoms with van der Waals surface area (Å²) in [7, 11) is 4.09. The van der Waals surface area contributed by atoms with Gasteiger partial charge in [-0.1, -0.05) is 0 Å². The van der Waals surface area contributed by atoms with Crippen molar-refractivity contribution < 1.29 is 0 Å². The molecule has 0 fully saturated rings. The molecule has 0 unspecified atom stereocenters. The summed E-state index contributed by atoms with van der Waals surface area (Å²) in [6.45, 7) is 4.78. The number of rotatable bonds is 6. The molecule has 2 N–H and O–H groups in total. The van der Waals surface area contributed by atoms with Crippen LogP contribution in [0.2, 0.25) is 0 Å². The molecule has 0 atom stereocenters. The summed E-state index contributed by atoms with van der Waals surface area (Å²) in [4.78, 5) is 10.4. The minimum absolute atomic E-state index is 0.861. The molecule has 0 aliphatic heterocycles. The highest BCUT2D eigenvalue weighted by Gasteiger charge is 1.97. The predicted molar refractivity (Wildman–Crippen MR) is 63.2 cm³/mol. The summed E-state index contributed by atoms with van der Waals surface area (Å²) in [6.07, 6.45) is 1.57. The molecule has 1 aromatic rings. The summed E-state index contributed by atoms with van der Waals surface area (Å²) in [5.41, 5.74) is 0. The minimum atomic E-state index is 0.861. The van der Waals surface area contributed by atoms with Crippen LogP contribution in [0.1, 0.15) is 6.92 Å². The molecule has 15 heavy (non-hydrogen) atoms. The Morgan fingerprint density at radius 2 is 1.87 bits per heavy atom. The van der Waals surface area contributed by atoms with Crippen LogP contribution in [0.4, 0.5) is 11.6 Å². The zero-order chi connectivity index (χ0) is 11.1. The van der Waals surface area contributed by atoms with E-state index in [4.69, 9.17) is 0 Å². The normalized spacial score (nSPS) is 10.4. The Morgan fingerprint density at radius 1 is 1.20 bits per heavy atom. The van der Waals surface area contributed by atoms with Crippen molar-refractivity contribution in [1.29, 1.82) is 0 Å². The Kier molecular flexibility index (Phi) is 4.83. The van der Waals surface area contributed by atoms with Crippen LogP contribution < -0.4 is 10.6 Å². The lowest BCUT2D eigenvalue weighted by Crippen LogP contribution is -2.21. The van der Waals surface area contributed by atoms with E-state index in [0.29, 0.717) is 0 Å². The first-order chi connectivity index (χ1) is 7.22. The van der Waals surface area contributed by atoms with Gasteiger partial charge in [0.1, 0.15) is 18.0 Å². The molecule has 0 saturated heterocycles. The van der Waals surface area contributed by atoms with Crippen LogP contribution in [0.25, 0.3) is 0 Å². The molecule has 0 aliphatic rings. The van der Waals surface area contributed by atoms with Gasteiger partial charge in [-0.05, 0) is 21.0 Å². The maximum atomic E-state index is 4.14. The average molecular weight is 209 g/mol. The van der Waals surface area contributed by atoms with Gasteiger partial charge < -0.3 is 15.5 Å². The van der Waals surface area contributed by atoms with E-state index in [9.17, 15) is 0 Å². The monoisotopic (exact) mass is 209 g/mol. The van der Waals surface area contributed by atoms with Gasteiger partial charge in [0.05, 0.1) is 0 Å². The van der Waals surface area contributed by atoms with Gasteiger partial charge in [0.25, 0.3) is 0 Å². The molecule has 0 bridgehead atoms. The number of hydrogen-bond donors (Lipinski definition) is 2. The lowest BCUT2D eigenvalue weighted by Gasteiger charge is -2.11. The number of hydrogen-bond acceptors (Lipinski definition) is 5. The van der Waals surface area contributed by atoms with Gasteiger partial charge in [-0.3, -0.25) is 0 Å². The van der Waals surface area contributed by atoms with Crippen LogP contribution in [0.15, 0.2) is 12.4 Å². The molecule has 5 heteroatoms. The third kappa shape index (κ3) is 4.60. The summed E-state index contributed by atoms with van der Waals surface area (Å²) >= 11 is 0. The molecular weight excluding hydrogens is 190 g/mol. The smallest absolute Gasteiger partial charge is 0.131 e. The van der Waals surface area contributed by atoms with Crippen molar-refractivity contribution in [2.45, 2.75) is 6.92 Å². The van der Waals surface area contributed by atoms with E-state index in [2.05, 4.69) is 25.5 Å². The van der Waals surface area contributed by atoms with Gasteiger partial charge in [0, 0.05) is 25.7 Å². The summed E-state index contributed by atoms with van der Waals surface area (Å²) in [5, 5.41) is 6.39. The second-order valence-corrected chi connectivity index (χ2v) is 3.55. The first kappa shape index (κ1) is 11.7. The maximum absolute atomic E-state index is 4.14. The molecular formula is C10H19N5. The van der Waals surface area contributed by atoms with Crippen molar-refractivity contribution in [3.05, 3.63) is 12.4 Å². The van der Waals surface area contributed by atoms with Crippen LogP contribution in [0.3, 0.4) is 0 Å². The van der Waals surface area contributed by atoms with E-state index in [1.54, 1.807) is 6.33 Å². The Labute approximate surface area is 90.9 Å². The van der Waals surface area contributed by atoms with E-state index in [1.165, 1.54) is 0 Å². The average Bonchev–Trinajstić information content (AvgIpc) is 2.18. The largest absolute Gasteiger partial charge is 0.370 e. The molecule has 0 saturated carbocycles. The van der Waals surface area contributed by atoms with Gasteiger partial charge in [-0.2, -0.15) is 0 Å². The minimum Gasteiger partial charge on any atom is -0.370 e. The molecule has 0 aromatic carbocycles. The van der Waals surface area contributed by atoms with Crippen molar-refractivity contribution in [3.8, 4) is 0 Å². The van der Waals surface area contributed by atoms with Crippen LogP contribution in [-0.4, -0.2) is 48.6 Å². The molecule has 1 rings (SSSR count). The van der Waals surface area contributed by atoms with Crippen molar-refractivity contribution in [1.82, 2.24) is 14.9 Å². The molecule has 5 nitrogen and oxygen atoms in total. The van der Waals surface area contributed by atoms with Crippen molar-refractivity contribution >= 4 is 11.6 Å². The Hall–Kier alpha value is -1.36. The van der Waals surface area contributed by atoms with E-state index in [0.717, 1.165) is 31.3 Å². The number of aromatic nitrogens is 2. The number of nitrogens with zero attached hydrogens (tertiary/aromatic N) is 3. The Balaban J connectivity index is 2.43. The number of likely N-dealkylation sites (N-methyl/N-ethyl adjacent to an activating group) is 1. The van der Waals surface area contributed by atoms with Crippen molar-refractivity contribution in [2.75, 3.05) is 44.4 Å². The van der Waals surface area contributed by atoms with Crippen LogP contribution >= 0.6 is 0 Å². The van der Waals surface area contributed by atoms with Crippen molar-refractivity contribution in [2.24, 2.45) is 0 Å². The standard InChI is InChI=1S/C10H19N5/c1-4-11-9-7-10(14-8-13-9)12-5-6-15(2)3/h7-8H,4-6H2,1-3H3,(H2,11,12,13,14). The third-order valence-corrected chi connectivity index (χ3v) is 1.89. The molecule has 0 amide bonds. The van der Waals surface area contributed by atoms with E-state index >= 15 is 0 Å². The molecule has 0 aliphatic carbocycles. The first-order valence-electron chi connectivity index (χ1n) is 5.17. The van der Waals surface area contributed by atoms with Crippen LogP contribution in [-0.2, 0) is 0 Å². The lowest BCUT2D eigenvalue weighted by molar-refractivity contribution is 0.425. The van der Waals surface area contributed by atoms with Gasteiger partial charge in [0.2, 0.25) is 0 Å². The fourth-order valence-electron chi connectivity index (χ4n) is 1.14. The van der Waals surface area contributed by atoms with Gasteiger partial charge in [0.15, 0.2) is 0 Å². The fraction of sp³-hybridized carbons (Fsp3) is 0.600. The number of nitrogens with one attached hydrogen (secondary N) is 2. The Bertz CT molecular complexity index is 287. The summed E-state index contributed by atoms with van der Waals surface area (Å²) < 4.78 is 0. The topological polar surface area (TPSA) is 53.1 Å². The zero-order valence-electron chi connectivity index (χ0n) is 9.62. The second kappa shape index (κ2) is 6.19. The first-order valence-corrected chi connectivity index (χ1v) is 5.17. The third-order valence-electron chi connectivity index (χ3n) is 1.89. The summed E-state index contributed by atoms with van der Waals surface area (Å²) in [5.74, 6) is 1.72. The van der Waals surface area contributed by atoms with E-state index < -0.39 is 0 Å². The molecule has 1 heterocycles. The second-order valence-electron chi connectivity index (χ2n) is 3.55. The SMILES string of the molecule is CCNc1cc(NCCN(C)C)ncn1. The quantitative estimate of drug-likeness (QED) is 0.728. The summed E-state index contributed by atoms with van der Waals surface area (Å²) in [6, 6.07) is 1.92. The highest BCUT2D eigenvalue weighted by molar-refractivity contribution is 5.46. The molecule has 1 aromatic heterocycles. The highest BCUT2D eigenvalue weighted by Crippen LogP contribution is 2.07. The lowest BCUT2D eigenvalue weighted by atomic mass is 10.5. The molecule has 0 spiro atoms. The van der Waals surface area contributed by atoms with E-state index in [1.807, 2.05) is 27.1 Å².